The molecule has 0 radical (unpaired) electrons. The predicted molar refractivity (Wildman–Crippen MR) is 71.8 cm³/mol. The average molecular weight is 261 g/mol. The van der Waals surface area contributed by atoms with E-state index >= 15 is 0 Å². The fraction of sp³-hybridized carbons (Fsp3) is 0.571. The highest BCUT2D eigenvalue weighted by Crippen LogP contribution is 2.35. The minimum atomic E-state index is -0.237. The number of hydrogen-bond donors (Lipinski definition) is 2. The van der Waals surface area contributed by atoms with Gasteiger partial charge in [-0.1, -0.05) is 6.42 Å². The number of nitrogens with zero attached hydrogens (tertiary/aromatic N) is 1. The van der Waals surface area contributed by atoms with E-state index < -0.39 is 0 Å². The third-order valence-corrected chi connectivity index (χ3v) is 4.46. The van der Waals surface area contributed by atoms with Crippen molar-refractivity contribution in [1.82, 2.24) is 9.88 Å². The Balaban J connectivity index is 1.77. The Kier molecular flexibility index (Phi) is 3.14. The van der Waals surface area contributed by atoms with Gasteiger partial charge in [0.25, 0.3) is 5.91 Å². The van der Waals surface area contributed by atoms with Crippen molar-refractivity contribution < 1.29 is 4.79 Å². The monoisotopic (exact) mass is 261 g/mol. The molecule has 0 spiro atoms. The first-order chi connectivity index (χ1) is 9.15. The first kappa shape index (κ1) is 12.4. The van der Waals surface area contributed by atoms with Crippen molar-refractivity contribution >= 4 is 5.91 Å². The topological polar surface area (TPSA) is 79.2 Å². The molecule has 3 unspecified atom stereocenters. The quantitative estimate of drug-likeness (QED) is 0.776. The molecule has 1 saturated heterocycles. The van der Waals surface area contributed by atoms with Crippen LogP contribution in [0.15, 0.2) is 23.1 Å². The van der Waals surface area contributed by atoms with Crippen LogP contribution in [0.25, 0.3) is 0 Å². The van der Waals surface area contributed by atoms with Gasteiger partial charge in [-0.15, -0.1) is 0 Å². The van der Waals surface area contributed by atoms with E-state index in [1.54, 1.807) is 6.07 Å². The summed E-state index contributed by atoms with van der Waals surface area (Å²) >= 11 is 0. The average Bonchev–Trinajstić information content (AvgIpc) is 2.83. The standard InChI is InChI=1S/C14H19N3O2/c15-12-3-1-2-10-7-17(8-11(10)12)14(19)9-4-5-16-13(18)6-9/h4-6,10-12H,1-3,7-8,15H2,(H,16,18). The van der Waals surface area contributed by atoms with Crippen LogP contribution >= 0.6 is 0 Å². The fourth-order valence-electron chi connectivity index (χ4n) is 3.44. The Morgan fingerprint density at radius 2 is 2.21 bits per heavy atom. The van der Waals surface area contributed by atoms with E-state index in [4.69, 9.17) is 5.73 Å². The van der Waals surface area contributed by atoms with Crippen LogP contribution in [0, 0.1) is 11.8 Å². The number of hydrogen-bond acceptors (Lipinski definition) is 3. The summed E-state index contributed by atoms with van der Waals surface area (Å²) in [4.78, 5) is 28.0. The Morgan fingerprint density at radius 1 is 1.37 bits per heavy atom. The summed E-state index contributed by atoms with van der Waals surface area (Å²) in [5, 5.41) is 0. The molecule has 3 rings (SSSR count). The molecule has 5 nitrogen and oxygen atoms in total. The number of carbonyl (C=O) groups is 1. The normalized spacial score (nSPS) is 30.2. The number of carbonyl (C=O) groups excluding carboxylic acids is 1. The van der Waals surface area contributed by atoms with Gasteiger partial charge in [-0.05, 0) is 30.7 Å². The smallest absolute Gasteiger partial charge is 0.254 e. The molecule has 5 heteroatoms. The van der Waals surface area contributed by atoms with Crippen LogP contribution in [0.1, 0.15) is 29.6 Å². The minimum Gasteiger partial charge on any atom is -0.338 e. The van der Waals surface area contributed by atoms with E-state index in [2.05, 4.69) is 4.98 Å². The summed E-state index contributed by atoms with van der Waals surface area (Å²) in [5.74, 6) is 0.919. The van der Waals surface area contributed by atoms with Crippen LogP contribution in [-0.2, 0) is 0 Å². The van der Waals surface area contributed by atoms with Crippen LogP contribution < -0.4 is 11.3 Å². The fourth-order valence-corrected chi connectivity index (χ4v) is 3.44. The number of rotatable bonds is 1. The highest BCUT2D eigenvalue weighted by molar-refractivity contribution is 5.94. The molecule has 2 aliphatic rings. The van der Waals surface area contributed by atoms with Crippen molar-refractivity contribution in [2.24, 2.45) is 17.6 Å². The summed E-state index contributed by atoms with van der Waals surface area (Å²) in [6.45, 7) is 1.52. The second kappa shape index (κ2) is 4.81. The maximum Gasteiger partial charge on any atom is 0.254 e. The van der Waals surface area contributed by atoms with Gasteiger partial charge in [0.05, 0.1) is 0 Å². The molecule has 1 aliphatic carbocycles. The van der Waals surface area contributed by atoms with Gasteiger partial charge >= 0.3 is 0 Å². The summed E-state index contributed by atoms with van der Waals surface area (Å²) in [7, 11) is 0. The van der Waals surface area contributed by atoms with Crippen molar-refractivity contribution in [3.63, 3.8) is 0 Å². The van der Waals surface area contributed by atoms with Crippen LogP contribution in [-0.4, -0.2) is 34.9 Å². The lowest BCUT2D eigenvalue weighted by Gasteiger charge is -2.29. The molecule has 2 heterocycles. The Bertz CT molecular complexity index is 539. The van der Waals surface area contributed by atoms with Gasteiger partial charge in [0.2, 0.25) is 5.56 Å². The maximum atomic E-state index is 12.4. The number of fused-ring (bicyclic) bond motifs is 1. The van der Waals surface area contributed by atoms with Gasteiger partial charge in [0.15, 0.2) is 0 Å². The van der Waals surface area contributed by atoms with Gasteiger partial charge in [0.1, 0.15) is 0 Å². The van der Waals surface area contributed by atoms with Crippen LogP contribution in [0.3, 0.4) is 0 Å². The molecule has 102 valence electrons. The molecule has 1 aromatic heterocycles. The van der Waals surface area contributed by atoms with Crippen LogP contribution in [0.4, 0.5) is 0 Å². The van der Waals surface area contributed by atoms with E-state index in [1.165, 1.54) is 12.3 Å². The largest absolute Gasteiger partial charge is 0.338 e. The molecule has 1 amide bonds. The molecule has 0 bridgehead atoms. The van der Waals surface area contributed by atoms with E-state index in [1.807, 2.05) is 4.90 Å². The zero-order chi connectivity index (χ0) is 13.4. The summed E-state index contributed by atoms with van der Waals surface area (Å²) in [6, 6.07) is 3.24. The Morgan fingerprint density at radius 3 is 2.95 bits per heavy atom. The van der Waals surface area contributed by atoms with Crippen LogP contribution in [0.2, 0.25) is 0 Å². The number of aromatic nitrogens is 1. The summed E-state index contributed by atoms with van der Waals surface area (Å²) < 4.78 is 0. The SMILES string of the molecule is NC1CCCC2CN(C(=O)c3cc[nH]c(=O)c3)CC12. The zero-order valence-electron chi connectivity index (χ0n) is 10.8. The van der Waals surface area contributed by atoms with E-state index in [-0.39, 0.29) is 17.5 Å². The second-order valence-corrected chi connectivity index (χ2v) is 5.67. The molecule has 3 atom stereocenters. The molecular formula is C14H19N3O2. The number of amides is 1. The molecule has 1 aromatic rings. The lowest BCUT2D eigenvalue weighted by Crippen LogP contribution is -2.38. The van der Waals surface area contributed by atoms with Crippen molar-refractivity contribution in [2.75, 3.05) is 13.1 Å². The number of nitrogens with two attached hydrogens (primary N) is 1. The number of likely N-dealkylation sites (tertiary alicyclic amines) is 1. The number of aromatic amines is 1. The van der Waals surface area contributed by atoms with Crippen molar-refractivity contribution in [2.45, 2.75) is 25.3 Å². The second-order valence-electron chi connectivity index (χ2n) is 5.67. The summed E-state index contributed by atoms with van der Waals surface area (Å²) in [5.41, 5.74) is 6.38. The molecule has 1 aliphatic heterocycles. The molecule has 3 N–H and O–H groups in total. The maximum absolute atomic E-state index is 12.4. The van der Waals surface area contributed by atoms with Crippen molar-refractivity contribution in [3.8, 4) is 0 Å². The molecule has 0 aromatic carbocycles. The lowest BCUT2D eigenvalue weighted by atomic mass is 9.78. The highest BCUT2D eigenvalue weighted by Gasteiger charge is 2.40. The first-order valence-corrected chi connectivity index (χ1v) is 6.89. The number of nitrogens with one attached hydrogen (secondary N) is 1. The van der Waals surface area contributed by atoms with Crippen molar-refractivity contribution in [3.05, 3.63) is 34.2 Å². The lowest BCUT2D eigenvalue weighted by molar-refractivity contribution is 0.0783. The minimum absolute atomic E-state index is 0.0484. The van der Waals surface area contributed by atoms with E-state index in [9.17, 15) is 9.59 Å². The molecular weight excluding hydrogens is 242 g/mol. The third kappa shape index (κ3) is 2.30. The number of H-pyrrole nitrogens is 1. The van der Waals surface area contributed by atoms with Gasteiger partial charge in [-0.3, -0.25) is 9.59 Å². The van der Waals surface area contributed by atoms with Gasteiger partial charge < -0.3 is 15.6 Å². The van der Waals surface area contributed by atoms with Gasteiger partial charge in [-0.25, -0.2) is 0 Å². The molecule has 2 fully saturated rings. The van der Waals surface area contributed by atoms with Crippen LogP contribution in [0.5, 0.6) is 0 Å². The zero-order valence-corrected chi connectivity index (χ0v) is 10.8. The highest BCUT2D eigenvalue weighted by atomic mass is 16.2. The van der Waals surface area contributed by atoms with E-state index in [0.717, 1.165) is 32.4 Å². The summed E-state index contributed by atoms with van der Waals surface area (Å²) in [6.07, 6.45) is 4.91. The number of pyridine rings is 1. The first-order valence-electron chi connectivity index (χ1n) is 6.89. The van der Waals surface area contributed by atoms with Gasteiger partial charge in [-0.2, -0.15) is 0 Å². The van der Waals surface area contributed by atoms with E-state index in [0.29, 0.717) is 17.4 Å². The Hall–Kier alpha value is -1.62. The molecule has 1 saturated carbocycles. The molecule has 19 heavy (non-hydrogen) atoms. The predicted octanol–water partition coefficient (Wildman–Crippen LogP) is 0.574. The van der Waals surface area contributed by atoms with Crippen molar-refractivity contribution in [1.29, 1.82) is 0 Å². The van der Waals surface area contributed by atoms with Gasteiger partial charge in [0, 0.05) is 37.0 Å². The Labute approximate surface area is 111 Å². The third-order valence-electron chi connectivity index (χ3n) is 4.46.